The lowest BCUT2D eigenvalue weighted by atomic mass is 10.00. The van der Waals surface area contributed by atoms with Crippen LogP contribution >= 0.6 is 0 Å². The zero-order valence-electron chi connectivity index (χ0n) is 22.8. The van der Waals surface area contributed by atoms with E-state index in [1.807, 2.05) is 6.07 Å². The number of carbonyl (C=O) groups is 2. The second-order valence-electron chi connectivity index (χ2n) is 10.6. The van der Waals surface area contributed by atoms with Crippen LogP contribution in [0, 0.1) is 5.92 Å². The number of aromatic nitrogens is 4. The van der Waals surface area contributed by atoms with Gasteiger partial charge in [-0.25, -0.2) is 4.39 Å². The second-order valence-corrected chi connectivity index (χ2v) is 10.6. The molecule has 1 aromatic carbocycles. The van der Waals surface area contributed by atoms with E-state index in [2.05, 4.69) is 62.1 Å². The second kappa shape index (κ2) is 12.1. The molecule has 5 rings (SSSR count). The zero-order valence-corrected chi connectivity index (χ0v) is 22.8. The smallest absolute Gasteiger partial charge is 0.229 e. The fraction of sp³-hybridized carbons (Fsp3) is 0.464. The number of carbonyl (C=O) groups excluding carboxylic acids is 2. The highest BCUT2D eigenvalue weighted by molar-refractivity contribution is 6.11. The molecule has 4 heterocycles. The van der Waals surface area contributed by atoms with E-state index in [4.69, 9.17) is 0 Å². The molecule has 2 fully saturated rings. The van der Waals surface area contributed by atoms with Crippen LogP contribution in [0.15, 0.2) is 37.1 Å². The zero-order chi connectivity index (χ0) is 28.2. The van der Waals surface area contributed by atoms with Gasteiger partial charge in [-0.15, -0.1) is 0 Å². The van der Waals surface area contributed by atoms with Crippen molar-refractivity contribution in [2.75, 3.05) is 42.1 Å². The molecule has 0 aliphatic carbocycles. The highest BCUT2D eigenvalue weighted by atomic mass is 19.1. The molecular weight excluding hydrogens is 513 g/mol. The Balaban J connectivity index is 1.45. The largest absolute Gasteiger partial charge is 0.350 e. The number of hydrogen-bond acceptors (Lipinski definition) is 9. The topological polar surface area (TPSA) is 137 Å². The maximum atomic E-state index is 14.6. The van der Waals surface area contributed by atoms with Crippen molar-refractivity contribution in [3.8, 4) is 0 Å². The Bertz CT molecular complexity index is 1400. The number of rotatable bonds is 10. The van der Waals surface area contributed by atoms with Gasteiger partial charge in [-0.2, -0.15) is 19.6 Å². The minimum Gasteiger partial charge on any atom is -0.350 e. The molecule has 0 saturated carbocycles. The Morgan fingerprint density at radius 2 is 2.00 bits per heavy atom. The van der Waals surface area contributed by atoms with Crippen molar-refractivity contribution in [2.24, 2.45) is 5.92 Å². The van der Waals surface area contributed by atoms with Crippen LogP contribution in [0.25, 0.3) is 5.65 Å². The van der Waals surface area contributed by atoms with Gasteiger partial charge in [0.1, 0.15) is 6.17 Å². The van der Waals surface area contributed by atoms with Crippen molar-refractivity contribution in [1.29, 1.82) is 0 Å². The summed E-state index contributed by atoms with van der Waals surface area (Å²) in [5.41, 5.74) is 3.02. The number of hydrogen-bond donors (Lipinski definition) is 5. The van der Waals surface area contributed by atoms with Gasteiger partial charge < -0.3 is 26.6 Å². The third-order valence-electron chi connectivity index (χ3n) is 7.45. The van der Waals surface area contributed by atoms with Gasteiger partial charge in [0.2, 0.25) is 17.8 Å². The maximum absolute atomic E-state index is 14.6. The summed E-state index contributed by atoms with van der Waals surface area (Å²) in [5.74, 6) is 0.296. The summed E-state index contributed by atoms with van der Waals surface area (Å²) in [6.07, 6.45) is 3.29. The molecule has 212 valence electrons. The molecule has 40 heavy (non-hydrogen) atoms. The summed E-state index contributed by atoms with van der Waals surface area (Å²) in [7, 11) is 0. The standard InChI is InChI=1S/C28H36FN9O2/c1-4-23(39)24-17(6-5-7-22(24)34-26(40)18-8-10-30-12-18)13-32-28-37-27(35-21-9-11-31-15-20(21)29)36-25-19(16(2)3)14-33-38(25)28/h4-7,14,16,18,20-21,30-31H,1,8-13,15H2,2-3H3,(H,34,40)(H2,32,35,36,37)/t18?,20-,21-/m0/s1. The van der Waals surface area contributed by atoms with E-state index in [1.165, 1.54) is 6.08 Å². The lowest BCUT2D eigenvalue weighted by molar-refractivity contribution is -0.119. The molecule has 2 aliphatic heterocycles. The van der Waals surface area contributed by atoms with E-state index in [-0.39, 0.29) is 36.6 Å². The molecule has 11 nitrogen and oxygen atoms in total. The van der Waals surface area contributed by atoms with E-state index < -0.39 is 12.2 Å². The first kappa shape index (κ1) is 27.7. The lowest BCUT2D eigenvalue weighted by Gasteiger charge is -2.27. The van der Waals surface area contributed by atoms with Gasteiger partial charge in [0, 0.05) is 25.2 Å². The Kier molecular flexibility index (Phi) is 8.36. The highest BCUT2D eigenvalue weighted by Crippen LogP contribution is 2.26. The summed E-state index contributed by atoms with van der Waals surface area (Å²) in [4.78, 5) is 35.1. The van der Waals surface area contributed by atoms with Crippen molar-refractivity contribution in [3.05, 3.63) is 53.7 Å². The van der Waals surface area contributed by atoms with Gasteiger partial charge in [0.15, 0.2) is 11.4 Å². The predicted octanol–water partition coefficient (Wildman–Crippen LogP) is 2.89. The average molecular weight is 550 g/mol. The summed E-state index contributed by atoms with van der Waals surface area (Å²) in [5, 5.41) is 20.2. The van der Waals surface area contributed by atoms with Crippen molar-refractivity contribution in [3.63, 3.8) is 0 Å². The Morgan fingerprint density at radius 3 is 2.73 bits per heavy atom. The third-order valence-corrected chi connectivity index (χ3v) is 7.45. The predicted molar refractivity (Wildman–Crippen MR) is 153 cm³/mol. The molecular formula is C28H36FN9O2. The fourth-order valence-corrected chi connectivity index (χ4v) is 5.16. The minimum atomic E-state index is -1.06. The SMILES string of the molecule is C=CC(=O)c1c(CNc2nc(N[C@H]3CCNC[C@@H]3F)nc3c(C(C)C)cnn23)cccc1NC(=O)C1CCNC1. The number of nitrogens with one attached hydrogen (secondary N) is 5. The van der Waals surface area contributed by atoms with Gasteiger partial charge >= 0.3 is 0 Å². The molecule has 12 heteroatoms. The number of fused-ring (bicyclic) bond motifs is 1. The molecule has 2 saturated heterocycles. The van der Waals surface area contributed by atoms with Crippen LogP contribution in [0.1, 0.15) is 54.1 Å². The van der Waals surface area contributed by atoms with Crippen molar-refractivity contribution >= 4 is 34.9 Å². The number of benzene rings is 1. The van der Waals surface area contributed by atoms with Crippen LogP contribution in [0.2, 0.25) is 0 Å². The Hall–Kier alpha value is -3.90. The number of alkyl halides is 1. The van der Waals surface area contributed by atoms with Crippen LogP contribution in [-0.2, 0) is 11.3 Å². The molecule has 2 aromatic heterocycles. The summed E-state index contributed by atoms with van der Waals surface area (Å²) in [6, 6.07) is 4.93. The monoisotopic (exact) mass is 549 g/mol. The fourth-order valence-electron chi connectivity index (χ4n) is 5.16. The molecule has 0 radical (unpaired) electrons. The van der Waals surface area contributed by atoms with Crippen LogP contribution < -0.4 is 26.6 Å². The molecule has 5 N–H and O–H groups in total. The average Bonchev–Trinajstić information content (AvgIpc) is 3.63. The number of piperidine rings is 1. The van der Waals surface area contributed by atoms with Gasteiger partial charge in [-0.05, 0) is 49.6 Å². The Labute approximate surface area is 232 Å². The first-order valence-electron chi connectivity index (χ1n) is 13.8. The van der Waals surface area contributed by atoms with Crippen molar-refractivity contribution in [1.82, 2.24) is 30.2 Å². The number of nitrogens with zero attached hydrogens (tertiary/aromatic N) is 4. The van der Waals surface area contributed by atoms with Gasteiger partial charge in [-0.1, -0.05) is 32.6 Å². The van der Waals surface area contributed by atoms with E-state index in [0.29, 0.717) is 53.9 Å². The molecule has 1 unspecified atom stereocenters. The number of allylic oxidation sites excluding steroid dienone is 1. The van der Waals surface area contributed by atoms with E-state index in [0.717, 1.165) is 18.5 Å². The molecule has 0 bridgehead atoms. The molecule has 1 amide bonds. The van der Waals surface area contributed by atoms with Crippen LogP contribution in [-0.4, -0.2) is 69.7 Å². The lowest BCUT2D eigenvalue weighted by Crippen LogP contribution is -2.45. The van der Waals surface area contributed by atoms with Crippen molar-refractivity contribution in [2.45, 2.75) is 51.4 Å². The molecule has 3 aromatic rings. The van der Waals surface area contributed by atoms with Crippen LogP contribution in [0.4, 0.5) is 22.0 Å². The summed E-state index contributed by atoms with van der Waals surface area (Å²) < 4.78 is 16.2. The number of ketones is 1. The number of anilines is 3. The molecule has 0 spiro atoms. The number of amides is 1. The van der Waals surface area contributed by atoms with E-state index in [9.17, 15) is 14.0 Å². The van der Waals surface area contributed by atoms with Gasteiger partial charge in [0.25, 0.3) is 0 Å². The van der Waals surface area contributed by atoms with Crippen LogP contribution in [0.5, 0.6) is 0 Å². The quantitative estimate of drug-likeness (QED) is 0.191. The normalized spacial score (nSPS) is 20.9. The third kappa shape index (κ3) is 5.82. The maximum Gasteiger partial charge on any atom is 0.229 e. The van der Waals surface area contributed by atoms with Gasteiger partial charge in [-0.3, -0.25) is 9.59 Å². The van der Waals surface area contributed by atoms with Crippen molar-refractivity contribution < 1.29 is 14.0 Å². The van der Waals surface area contributed by atoms with Crippen LogP contribution in [0.3, 0.4) is 0 Å². The summed E-state index contributed by atoms with van der Waals surface area (Å²) in [6.45, 7) is 10.4. The first-order chi connectivity index (χ1) is 19.4. The van der Waals surface area contributed by atoms with E-state index >= 15 is 0 Å². The van der Waals surface area contributed by atoms with E-state index in [1.54, 1.807) is 22.8 Å². The van der Waals surface area contributed by atoms with Gasteiger partial charge in [0.05, 0.1) is 29.4 Å². The minimum absolute atomic E-state index is 0.122. The highest BCUT2D eigenvalue weighted by Gasteiger charge is 2.27. The molecule has 3 atom stereocenters. The summed E-state index contributed by atoms with van der Waals surface area (Å²) >= 11 is 0. The molecule has 2 aliphatic rings. The first-order valence-corrected chi connectivity index (χ1v) is 13.8. The Morgan fingerprint density at radius 1 is 1.20 bits per heavy atom. The number of halogens is 1.